The van der Waals surface area contributed by atoms with Crippen LogP contribution in [-0.2, 0) is 6.54 Å². The first-order valence-corrected chi connectivity index (χ1v) is 9.56. The highest BCUT2D eigenvalue weighted by Gasteiger charge is 2.18. The van der Waals surface area contributed by atoms with E-state index < -0.39 is 0 Å². The van der Waals surface area contributed by atoms with Crippen LogP contribution in [-0.4, -0.2) is 27.3 Å². The maximum Gasteiger partial charge on any atom is 0.272 e. The molecule has 0 bridgehead atoms. The molecule has 0 aliphatic rings. The van der Waals surface area contributed by atoms with E-state index in [2.05, 4.69) is 15.3 Å². The van der Waals surface area contributed by atoms with Crippen LogP contribution in [0.3, 0.4) is 0 Å². The van der Waals surface area contributed by atoms with Crippen molar-refractivity contribution in [3.8, 4) is 0 Å². The van der Waals surface area contributed by atoms with Crippen LogP contribution in [0.5, 0.6) is 0 Å². The summed E-state index contributed by atoms with van der Waals surface area (Å²) in [6.45, 7) is 6.86. The Labute approximate surface area is 170 Å². The molecule has 0 saturated carbocycles. The van der Waals surface area contributed by atoms with E-state index in [1.54, 1.807) is 11.0 Å². The molecule has 1 amide bonds. The van der Waals surface area contributed by atoms with Crippen molar-refractivity contribution >= 4 is 29.1 Å². The van der Waals surface area contributed by atoms with Crippen LogP contribution in [0.25, 0.3) is 0 Å². The van der Waals surface area contributed by atoms with Crippen LogP contribution in [0.4, 0.5) is 11.6 Å². The first-order chi connectivity index (χ1) is 13.5. The Morgan fingerprint density at radius 2 is 1.82 bits per heavy atom. The molecule has 3 aromatic rings. The molecule has 0 fully saturated rings. The Morgan fingerprint density at radius 1 is 1.07 bits per heavy atom. The smallest absolute Gasteiger partial charge is 0.272 e. The van der Waals surface area contributed by atoms with Gasteiger partial charge in [-0.3, -0.25) is 4.79 Å². The Morgan fingerprint density at radius 3 is 2.54 bits per heavy atom. The third-order valence-electron chi connectivity index (χ3n) is 4.47. The monoisotopic (exact) mass is 394 g/mol. The SMILES string of the molecule is CCN(Cc1ccccc1)C(=O)c1cc(C)nc(Nc2cccc(Cl)c2C)n1. The van der Waals surface area contributed by atoms with Gasteiger partial charge in [0.15, 0.2) is 0 Å². The fourth-order valence-corrected chi connectivity index (χ4v) is 3.06. The Bertz CT molecular complexity index is 976. The summed E-state index contributed by atoms with van der Waals surface area (Å²) < 4.78 is 0. The highest BCUT2D eigenvalue weighted by Crippen LogP contribution is 2.25. The summed E-state index contributed by atoms with van der Waals surface area (Å²) >= 11 is 6.19. The lowest BCUT2D eigenvalue weighted by Gasteiger charge is -2.21. The second kappa shape index (κ2) is 8.85. The van der Waals surface area contributed by atoms with Crippen molar-refractivity contribution in [1.29, 1.82) is 0 Å². The zero-order valence-electron chi connectivity index (χ0n) is 16.2. The molecule has 0 aliphatic heterocycles. The molecule has 0 saturated heterocycles. The number of hydrogen-bond donors (Lipinski definition) is 1. The van der Waals surface area contributed by atoms with Gasteiger partial charge in [0, 0.05) is 29.5 Å². The van der Waals surface area contributed by atoms with Gasteiger partial charge in [0.25, 0.3) is 5.91 Å². The molecule has 0 spiro atoms. The lowest BCUT2D eigenvalue weighted by atomic mass is 10.2. The number of hydrogen-bond acceptors (Lipinski definition) is 4. The number of aromatic nitrogens is 2. The van der Waals surface area contributed by atoms with Gasteiger partial charge < -0.3 is 10.2 Å². The maximum absolute atomic E-state index is 13.0. The predicted molar refractivity (Wildman–Crippen MR) is 113 cm³/mol. The van der Waals surface area contributed by atoms with E-state index >= 15 is 0 Å². The third-order valence-corrected chi connectivity index (χ3v) is 4.88. The molecule has 3 rings (SSSR count). The molecule has 0 atom stereocenters. The van der Waals surface area contributed by atoms with E-state index in [9.17, 15) is 4.79 Å². The van der Waals surface area contributed by atoms with E-state index in [0.717, 1.165) is 22.5 Å². The zero-order valence-corrected chi connectivity index (χ0v) is 17.0. The van der Waals surface area contributed by atoms with Gasteiger partial charge >= 0.3 is 0 Å². The lowest BCUT2D eigenvalue weighted by Crippen LogP contribution is -2.31. The fourth-order valence-electron chi connectivity index (χ4n) is 2.89. The quantitative estimate of drug-likeness (QED) is 0.627. The molecule has 0 radical (unpaired) electrons. The standard InChI is InChI=1S/C22H23ClN4O/c1-4-27(14-17-9-6-5-7-10-17)21(28)20-13-15(2)24-22(26-20)25-19-12-8-11-18(23)16(19)3/h5-13H,4,14H2,1-3H3,(H,24,25,26). The van der Waals surface area contributed by atoms with Crippen molar-refractivity contribution in [2.45, 2.75) is 27.3 Å². The number of carbonyl (C=O) groups excluding carboxylic acids is 1. The molecule has 0 unspecified atom stereocenters. The van der Waals surface area contributed by atoms with Gasteiger partial charge in [-0.05, 0) is 50.1 Å². The first kappa shape index (κ1) is 19.8. The Balaban J connectivity index is 1.85. The van der Waals surface area contributed by atoms with Crippen molar-refractivity contribution in [3.05, 3.63) is 82.1 Å². The second-order valence-corrected chi connectivity index (χ2v) is 6.97. The molecular weight excluding hydrogens is 372 g/mol. The normalized spacial score (nSPS) is 10.6. The van der Waals surface area contributed by atoms with Crippen molar-refractivity contribution in [2.24, 2.45) is 0 Å². The second-order valence-electron chi connectivity index (χ2n) is 6.56. The molecular formula is C22H23ClN4O. The van der Waals surface area contributed by atoms with Gasteiger partial charge in [-0.25, -0.2) is 9.97 Å². The van der Waals surface area contributed by atoms with Crippen LogP contribution in [0.1, 0.15) is 34.2 Å². The summed E-state index contributed by atoms with van der Waals surface area (Å²) in [5, 5.41) is 3.84. The van der Waals surface area contributed by atoms with Crippen LogP contribution in [0.2, 0.25) is 5.02 Å². The van der Waals surface area contributed by atoms with Crippen molar-refractivity contribution in [1.82, 2.24) is 14.9 Å². The van der Waals surface area contributed by atoms with E-state index in [0.29, 0.717) is 29.8 Å². The highest BCUT2D eigenvalue weighted by atomic mass is 35.5. The average molecular weight is 395 g/mol. The number of rotatable bonds is 6. The van der Waals surface area contributed by atoms with Gasteiger partial charge in [-0.2, -0.15) is 0 Å². The summed E-state index contributed by atoms with van der Waals surface area (Å²) in [5.41, 5.74) is 3.88. The van der Waals surface area contributed by atoms with Crippen molar-refractivity contribution in [2.75, 3.05) is 11.9 Å². The van der Waals surface area contributed by atoms with Crippen LogP contribution in [0, 0.1) is 13.8 Å². The van der Waals surface area contributed by atoms with Gasteiger partial charge in [-0.1, -0.05) is 48.0 Å². The lowest BCUT2D eigenvalue weighted by molar-refractivity contribution is 0.0746. The summed E-state index contributed by atoms with van der Waals surface area (Å²) in [6, 6.07) is 17.2. The Hall–Kier alpha value is -2.92. The average Bonchev–Trinajstić information content (AvgIpc) is 2.69. The molecule has 6 heteroatoms. The van der Waals surface area contributed by atoms with Crippen LogP contribution >= 0.6 is 11.6 Å². The van der Waals surface area contributed by atoms with Gasteiger partial charge in [0.05, 0.1) is 0 Å². The number of nitrogens with zero attached hydrogens (tertiary/aromatic N) is 3. The number of halogens is 1. The van der Waals surface area contributed by atoms with Crippen molar-refractivity contribution < 1.29 is 4.79 Å². The summed E-state index contributed by atoms with van der Waals surface area (Å²) in [4.78, 5) is 23.7. The number of aryl methyl sites for hydroxylation is 1. The summed E-state index contributed by atoms with van der Waals surface area (Å²) in [6.07, 6.45) is 0. The molecule has 28 heavy (non-hydrogen) atoms. The van der Waals surface area contributed by atoms with E-state index in [-0.39, 0.29) is 5.91 Å². The minimum Gasteiger partial charge on any atom is -0.333 e. The molecule has 1 aromatic heterocycles. The van der Waals surface area contributed by atoms with Crippen LogP contribution in [0.15, 0.2) is 54.6 Å². The van der Waals surface area contributed by atoms with E-state index in [1.165, 1.54) is 0 Å². The largest absolute Gasteiger partial charge is 0.333 e. The number of amides is 1. The molecule has 0 aliphatic carbocycles. The highest BCUT2D eigenvalue weighted by molar-refractivity contribution is 6.31. The minimum absolute atomic E-state index is 0.122. The molecule has 1 N–H and O–H groups in total. The number of nitrogens with one attached hydrogen (secondary N) is 1. The number of carbonyl (C=O) groups is 1. The zero-order chi connectivity index (χ0) is 20.1. The molecule has 1 heterocycles. The molecule has 144 valence electrons. The van der Waals surface area contributed by atoms with Gasteiger partial charge in [0.2, 0.25) is 5.95 Å². The molecule has 2 aromatic carbocycles. The first-order valence-electron chi connectivity index (χ1n) is 9.19. The van der Waals surface area contributed by atoms with Gasteiger partial charge in [0.1, 0.15) is 5.69 Å². The predicted octanol–water partition coefficient (Wildman–Crippen LogP) is 5.15. The number of anilines is 2. The van der Waals surface area contributed by atoms with Crippen LogP contribution < -0.4 is 5.32 Å². The van der Waals surface area contributed by atoms with E-state index in [4.69, 9.17) is 11.6 Å². The third kappa shape index (κ3) is 4.67. The fraction of sp³-hybridized carbons (Fsp3) is 0.227. The Kier molecular flexibility index (Phi) is 6.26. The maximum atomic E-state index is 13.0. The topological polar surface area (TPSA) is 58.1 Å². The summed E-state index contributed by atoms with van der Waals surface area (Å²) in [5.74, 6) is 0.257. The summed E-state index contributed by atoms with van der Waals surface area (Å²) in [7, 11) is 0. The van der Waals surface area contributed by atoms with Crippen molar-refractivity contribution in [3.63, 3.8) is 0 Å². The minimum atomic E-state index is -0.122. The molecule has 5 nitrogen and oxygen atoms in total. The number of benzene rings is 2. The van der Waals surface area contributed by atoms with Gasteiger partial charge in [-0.15, -0.1) is 0 Å². The van der Waals surface area contributed by atoms with E-state index in [1.807, 2.05) is 69.3 Å².